The molecule has 0 spiro atoms. The van der Waals surface area contributed by atoms with E-state index in [-0.39, 0.29) is 10.6 Å². The number of nitrogens with zero attached hydrogens (tertiary/aromatic N) is 1. The van der Waals surface area contributed by atoms with Gasteiger partial charge < -0.3 is 4.42 Å². The number of non-ortho nitro benzene ring substituents is 1. The summed E-state index contributed by atoms with van der Waals surface area (Å²) in [7, 11) is 0. The van der Waals surface area contributed by atoms with Gasteiger partial charge >= 0.3 is 0 Å². The van der Waals surface area contributed by atoms with Gasteiger partial charge in [-0.3, -0.25) is 25.0 Å². The van der Waals surface area contributed by atoms with Gasteiger partial charge in [0.1, 0.15) is 11.5 Å². The predicted octanol–water partition coefficient (Wildman–Crippen LogP) is 3.49. The number of nitro benzene ring substituents is 1. The second-order valence-electron chi connectivity index (χ2n) is 4.81. The van der Waals surface area contributed by atoms with Gasteiger partial charge in [0.15, 0.2) is 0 Å². The first-order chi connectivity index (χ1) is 10.9. The highest BCUT2D eigenvalue weighted by Crippen LogP contribution is 2.31. The molecular weight excluding hydrogens is 320 g/mol. The number of rotatable bonds is 3. The summed E-state index contributed by atoms with van der Waals surface area (Å²) in [4.78, 5) is 33.2. The number of hydrogen-bond donors (Lipinski definition) is 1. The topological polar surface area (TPSA) is 102 Å². The minimum absolute atomic E-state index is 0.0117. The normalized spacial score (nSPS) is 16.0. The van der Waals surface area contributed by atoms with Gasteiger partial charge in [0, 0.05) is 23.8 Å². The fraction of sp³-hybridized carbons (Fsp3) is 0.0667. The van der Waals surface area contributed by atoms with Crippen LogP contribution >= 0.6 is 11.8 Å². The van der Waals surface area contributed by atoms with Crippen LogP contribution < -0.4 is 5.32 Å². The zero-order valence-corrected chi connectivity index (χ0v) is 12.7. The first kappa shape index (κ1) is 15.0. The van der Waals surface area contributed by atoms with E-state index in [0.717, 1.165) is 17.3 Å². The van der Waals surface area contributed by atoms with Crippen molar-refractivity contribution in [3.05, 3.63) is 56.7 Å². The minimum Gasteiger partial charge on any atom is -0.457 e. The maximum atomic E-state index is 11.5. The van der Waals surface area contributed by atoms with Crippen molar-refractivity contribution in [1.29, 1.82) is 0 Å². The summed E-state index contributed by atoms with van der Waals surface area (Å²) in [6, 6.07) is 7.86. The minimum atomic E-state index is -0.457. The second kappa shape index (κ2) is 5.73. The molecule has 8 heteroatoms. The molecule has 1 aliphatic heterocycles. The molecular formula is C15H10N2O5S. The van der Waals surface area contributed by atoms with Gasteiger partial charge in [0.2, 0.25) is 0 Å². The average Bonchev–Trinajstić information content (AvgIpc) is 3.06. The van der Waals surface area contributed by atoms with Gasteiger partial charge in [0.25, 0.3) is 16.8 Å². The van der Waals surface area contributed by atoms with Crippen LogP contribution in [0.25, 0.3) is 17.4 Å². The monoisotopic (exact) mass is 330 g/mol. The van der Waals surface area contributed by atoms with Crippen LogP contribution in [0.5, 0.6) is 0 Å². The molecule has 0 radical (unpaired) electrons. The Labute approximate surface area is 134 Å². The second-order valence-corrected chi connectivity index (χ2v) is 5.83. The Hall–Kier alpha value is -2.87. The van der Waals surface area contributed by atoms with E-state index in [0.29, 0.717) is 17.1 Å². The Bertz CT molecular complexity index is 869. The number of amides is 2. The number of hydrogen-bond acceptors (Lipinski definition) is 6. The summed E-state index contributed by atoms with van der Waals surface area (Å²) < 4.78 is 5.65. The molecule has 1 N–H and O–H groups in total. The summed E-state index contributed by atoms with van der Waals surface area (Å²) in [6.45, 7) is 1.75. The van der Waals surface area contributed by atoms with E-state index in [1.807, 2.05) is 0 Å². The fourth-order valence-electron chi connectivity index (χ4n) is 2.16. The molecule has 2 amide bonds. The quantitative estimate of drug-likeness (QED) is 0.525. The van der Waals surface area contributed by atoms with Crippen molar-refractivity contribution in [3.63, 3.8) is 0 Å². The van der Waals surface area contributed by atoms with Crippen LogP contribution in [-0.2, 0) is 4.79 Å². The molecule has 0 unspecified atom stereocenters. The summed E-state index contributed by atoms with van der Waals surface area (Å²) in [5.74, 6) is 0.494. The Kier molecular flexibility index (Phi) is 3.75. The summed E-state index contributed by atoms with van der Waals surface area (Å²) >= 11 is 0.808. The van der Waals surface area contributed by atoms with Gasteiger partial charge in [0.05, 0.1) is 9.83 Å². The lowest BCUT2D eigenvalue weighted by atomic mass is 10.1. The fourth-order valence-corrected chi connectivity index (χ4v) is 2.83. The van der Waals surface area contributed by atoms with Crippen molar-refractivity contribution in [2.24, 2.45) is 0 Å². The standard InChI is InChI=1S/C15H10N2O5S/c1-8-6-9(17(20)21)2-4-11(8)12-5-3-10(22-12)7-13-14(18)16-15(19)23-13/h2-7H,1H3,(H,16,18,19). The van der Waals surface area contributed by atoms with E-state index < -0.39 is 16.1 Å². The lowest BCUT2D eigenvalue weighted by Crippen LogP contribution is -2.17. The molecule has 23 heavy (non-hydrogen) atoms. The predicted molar refractivity (Wildman–Crippen MR) is 84.6 cm³/mol. The van der Waals surface area contributed by atoms with Gasteiger partial charge in [-0.25, -0.2) is 0 Å². The number of imide groups is 1. The van der Waals surface area contributed by atoms with Crippen molar-refractivity contribution in [1.82, 2.24) is 5.32 Å². The number of carbonyl (C=O) groups excluding carboxylic acids is 2. The molecule has 1 fully saturated rings. The molecule has 1 aliphatic rings. The van der Waals surface area contributed by atoms with E-state index in [4.69, 9.17) is 4.42 Å². The smallest absolute Gasteiger partial charge is 0.290 e. The van der Waals surface area contributed by atoms with Crippen molar-refractivity contribution in [2.75, 3.05) is 0 Å². The molecule has 3 rings (SSSR count). The SMILES string of the molecule is Cc1cc([N+](=O)[O-])ccc1-c1ccc(C=C2SC(=O)NC2=O)o1. The third-order valence-electron chi connectivity index (χ3n) is 3.23. The Morgan fingerprint density at radius 2 is 2.04 bits per heavy atom. The first-order valence-corrected chi connectivity index (χ1v) is 7.36. The lowest BCUT2D eigenvalue weighted by Gasteiger charge is -2.02. The molecule has 7 nitrogen and oxygen atoms in total. The van der Waals surface area contributed by atoms with E-state index >= 15 is 0 Å². The molecule has 116 valence electrons. The summed E-state index contributed by atoms with van der Waals surface area (Å²) in [5.41, 5.74) is 1.44. The molecule has 0 bridgehead atoms. The number of nitro groups is 1. The van der Waals surface area contributed by atoms with Crippen LogP contribution in [0.15, 0.2) is 39.7 Å². The van der Waals surface area contributed by atoms with E-state index in [9.17, 15) is 19.7 Å². The highest BCUT2D eigenvalue weighted by molar-refractivity contribution is 8.18. The average molecular weight is 330 g/mol. The summed E-state index contributed by atoms with van der Waals surface area (Å²) in [6.07, 6.45) is 1.48. The summed E-state index contributed by atoms with van der Waals surface area (Å²) in [5, 5.41) is 12.5. The van der Waals surface area contributed by atoms with Crippen LogP contribution in [-0.4, -0.2) is 16.1 Å². The van der Waals surface area contributed by atoms with E-state index in [1.165, 1.54) is 18.2 Å². The van der Waals surface area contributed by atoms with Crippen LogP contribution in [0.4, 0.5) is 10.5 Å². The zero-order chi connectivity index (χ0) is 16.6. The van der Waals surface area contributed by atoms with Crippen molar-refractivity contribution < 1.29 is 18.9 Å². The van der Waals surface area contributed by atoms with E-state index in [2.05, 4.69) is 5.32 Å². The Morgan fingerprint density at radius 1 is 1.26 bits per heavy atom. The maximum absolute atomic E-state index is 11.5. The molecule has 2 aromatic rings. The van der Waals surface area contributed by atoms with E-state index in [1.54, 1.807) is 25.1 Å². The molecule has 1 aromatic heterocycles. The Morgan fingerprint density at radius 3 is 2.65 bits per heavy atom. The highest BCUT2D eigenvalue weighted by Gasteiger charge is 2.25. The van der Waals surface area contributed by atoms with Crippen LogP contribution in [0.3, 0.4) is 0 Å². The molecule has 0 aliphatic carbocycles. The third-order valence-corrected chi connectivity index (χ3v) is 4.04. The number of furan rings is 1. The third kappa shape index (κ3) is 3.02. The number of benzene rings is 1. The van der Waals surface area contributed by atoms with Gasteiger partial charge in [-0.2, -0.15) is 0 Å². The zero-order valence-electron chi connectivity index (χ0n) is 11.9. The number of nitrogens with one attached hydrogen (secondary N) is 1. The molecule has 0 atom stereocenters. The highest BCUT2D eigenvalue weighted by atomic mass is 32.2. The van der Waals surface area contributed by atoms with Gasteiger partial charge in [-0.15, -0.1) is 0 Å². The van der Waals surface area contributed by atoms with Crippen LogP contribution in [0.1, 0.15) is 11.3 Å². The first-order valence-electron chi connectivity index (χ1n) is 6.54. The molecule has 2 heterocycles. The van der Waals surface area contributed by atoms with Crippen molar-refractivity contribution in [2.45, 2.75) is 6.92 Å². The lowest BCUT2D eigenvalue weighted by molar-refractivity contribution is -0.384. The number of thioether (sulfide) groups is 1. The molecule has 1 saturated heterocycles. The van der Waals surface area contributed by atoms with Gasteiger partial charge in [-0.05, 0) is 42.4 Å². The molecule has 0 saturated carbocycles. The van der Waals surface area contributed by atoms with Crippen LogP contribution in [0.2, 0.25) is 0 Å². The van der Waals surface area contributed by atoms with Crippen LogP contribution in [0, 0.1) is 17.0 Å². The molecule has 1 aromatic carbocycles. The number of aryl methyl sites for hydroxylation is 1. The van der Waals surface area contributed by atoms with Gasteiger partial charge in [-0.1, -0.05) is 0 Å². The van der Waals surface area contributed by atoms with Crippen molar-refractivity contribution in [3.8, 4) is 11.3 Å². The largest absolute Gasteiger partial charge is 0.457 e. The Balaban J connectivity index is 1.91. The maximum Gasteiger partial charge on any atom is 0.290 e. The number of carbonyl (C=O) groups is 2. The van der Waals surface area contributed by atoms with Crippen molar-refractivity contribution >= 4 is 34.7 Å².